The number of rotatable bonds is 7. The molecule has 3 aromatic rings. The first-order chi connectivity index (χ1) is 12.7. The van der Waals surface area contributed by atoms with Crippen LogP contribution in [-0.4, -0.2) is 48.3 Å². The average molecular weight is 353 g/mol. The summed E-state index contributed by atoms with van der Waals surface area (Å²) in [5.41, 5.74) is 2.79. The van der Waals surface area contributed by atoms with Gasteiger partial charge in [-0.25, -0.2) is 9.97 Å². The number of nitrogens with one attached hydrogen (secondary N) is 1. The Hall–Kier alpha value is -2.93. The van der Waals surface area contributed by atoms with Gasteiger partial charge in [-0.2, -0.15) is 0 Å². The minimum atomic E-state index is -0.120. The number of hydrogen-bond acceptors (Lipinski definition) is 5. The van der Waals surface area contributed by atoms with Crippen molar-refractivity contribution in [3.05, 3.63) is 48.2 Å². The van der Waals surface area contributed by atoms with Crippen molar-refractivity contribution < 1.29 is 9.53 Å². The number of hydrogen-bond donors (Lipinski definition) is 1. The standard InChI is InChI=1S/C19H23N5O2/c1-20-19-22-16-12-14(13-21-17(16)24(19)10-7-11-26-3)18(25)23(2)15-8-5-4-6-9-15/h4-6,8-9,12-13H,7,10-11H2,1-3H3,(H,20,22). The summed E-state index contributed by atoms with van der Waals surface area (Å²) in [7, 11) is 5.26. The topological polar surface area (TPSA) is 72.3 Å². The van der Waals surface area contributed by atoms with Crippen molar-refractivity contribution in [2.24, 2.45) is 0 Å². The van der Waals surface area contributed by atoms with Gasteiger partial charge in [0.2, 0.25) is 5.95 Å². The smallest absolute Gasteiger partial charge is 0.259 e. The van der Waals surface area contributed by atoms with Crippen LogP contribution in [0, 0.1) is 0 Å². The van der Waals surface area contributed by atoms with E-state index in [4.69, 9.17) is 4.74 Å². The van der Waals surface area contributed by atoms with Gasteiger partial charge in [0.05, 0.1) is 5.56 Å². The molecule has 0 atom stereocenters. The fourth-order valence-electron chi connectivity index (χ4n) is 2.86. The third-order valence-corrected chi connectivity index (χ3v) is 4.23. The van der Waals surface area contributed by atoms with Gasteiger partial charge < -0.3 is 15.0 Å². The fraction of sp³-hybridized carbons (Fsp3) is 0.316. The van der Waals surface area contributed by atoms with Crippen molar-refractivity contribution in [2.45, 2.75) is 13.0 Å². The van der Waals surface area contributed by atoms with E-state index in [1.807, 2.05) is 41.9 Å². The van der Waals surface area contributed by atoms with Gasteiger partial charge >= 0.3 is 0 Å². The molecule has 0 radical (unpaired) electrons. The highest BCUT2D eigenvalue weighted by atomic mass is 16.5. The molecule has 0 saturated heterocycles. The molecule has 0 spiro atoms. The molecule has 1 amide bonds. The molecular formula is C19H23N5O2. The number of para-hydroxylation sites is 1. The number of anilines is 2. The monoisotopic (exact) mass is 353 g/mol. The van der Waals surface area contributed by atoms with E-state index in [0.29, 0.717) is 17.7 Å². The van der Waals surface area contributed by atoms with Gasteiger partial charge in [0.1, 0.15) is 5.52 Å². The minimum absolute atomic E-state index is 0.120. The zero-order valence-corrected chi connectivity index (χ0v) is 15.3. The van der Waals surface area contributed by atoms with Crippen LogP contribution in [-0.2, 0) is 11.3 Å². The Morgan fingerprint density at radius 2 is 2.08 bits per heavy atom. The Balaban J connectivity index is 1.90. The summed E-state index contributed by atoms with van der Waals surface area (Å²) in [5.74, 6) is 0.607. The molecule has 7 heteroatoms. The third kappa shape index (κ3) is 3.52. The number of ether oxygens (including phenoxy) is 1. The van der Waals surface area contributed by atoms with Crippen LogP contribution in [0.1, 0.15) is 16.8 Å². The Morgan fingerprint density at radius 3 is 2.77 bits per heavy atom. The van der Waals surface area contributed by atoms with Gasteiger partial charge in [-0.05, 0) is 24.6 Å². The molecule has 26 heavy (non-hydrogen) atoms. The lowest BCUT2D eigenvalue weighted by Gasteiger charge is -2.17. The zero-order chi connectivity index (χ0) is 18.5. The SMILES string of the molecule is CNc1nc2cc(C(=O)N(C)c3ccccc3)cnc2n1CCCOC. The minimum Gasteiger partial charge on any atom is -0.385 e. The van der Waals surface area contributed by atoms with Gasteiger partial charge in [-0.1, -0.05) is 18.2 Å². The molecular weight excluding hydrogens is 330 g/mol. The Morgan fingerprint density at radius 1 is 1.31 bits per heavy atom. The van der Waals surface area contributed by atoms with E-state index in [1.54, 1.807) is 31.3 Å². The fourth-order valence-corrected chi connectivity index (χ4v) is 2.86. The molecule has 0 aliphatic rings. The number of carbonyl (C=O) groups is 1. The lowest BCUT2D eigenvalue weighted by atomic mass is 10.2. The van der Waals surface area contributed by atoms with Crippen LogP contribution in [0.3, 0.4) is 0 Å². The van der Waals surface area contributed by atoms with Crippen molar-refractivity contribution in [3.8, 4) is 0 Å². The summed E-state index contributed by atoms with van der Waals surface area (Å²) in [6, 6.07) is 11.3. The predicted octanol–water partition coefficient (Wildman–Crippen LogP) is 2.79. The molecule has 0 aliphatic heterocycles. The summed E-state index contributed by atoms with van der Waals surface area (Å²) >= 11 is 0. The summed E-state index contributed by atoms with van der Waals surface area (Å²) < 4.78 is 7.12. The highest BCUT2D eigenvalue weighted by Gasteiger charge is 2.17. The van der Waals surface area contributed by atoms with E-state index < -0.39 is 0 Å². The number of nitrogens with zero attached hydrogens (tertiary/aromatic N) is 4. The second-order valence-corrected chi connectivity index (χ2v) is 5.95. The molecule has 0 saturated carbocycles. The highest BCUT2D eigenvalue weighted by molar-refractivity contribution is 6.06. The van der Waals surface area contributed by atoms with E-state index in [1.165, 1.54) is 0 Å². The Kier molecular flexibility index (Phi) is 5.48. The molecule has 0 aliphatic carbocycles. The molecule has 1 aromatic carbocycles. The molecule has 2 aromatic heterocycles. The normalized spacial score (nSPS) is 10.9. The van der Waals surface area contributed by atoms with Crippen molar-refractivity contribution in [2.75, 3.05) is 38.0 Å². The highest BCUT2D eigenvalue weighted by Crippen LogP contribution is 2.21. The quantitative estimate of drug-likeness (QED) is 0.661. The Bertz CT molecular complexity index is 892. The van der Waals surface area contributed by atoms with Crippen molar-refractivity contribution in [1.29, 1.82) is 0 Å². The number of carbonyl (C=O) groups excluding carboxylic acids is 1. The number of methoxy groups -OCH3 is 1. The second-order valence-electron chi connectivity index (χ2n) is 5.95. The maximum atomic E-state index is 12.8. The number of fused-ring (bicyclic) bond motifs is 1. The van der Waals surface area contributed by atoms with Crippen LogP contribution in [0.2, 0.25) is 0 Å². The molecule has 0 bridgehead atoms. The van der Waals surface area contributed by atoms with Gasteiger partial charge in [0.25, 0.3) is 5.91 Å². The van der Waals surface area contributed by atoms with E-state index in [0.717, 1.165) is 30.2 Å². The van der Waals surface area contributed by atoms with Gasteiger partial charge in [-0.3, -0.25) is 9.36 Å². The number of benzene rings is 1. The molecule has 1 N–H and O–H groups in total. The first-order valence-electron chi connectivity index (χ1n) is 8.51. The first kappa shape index (κ1) is 17.9. The molecule has 0 fully saturated rings. The predicted molar refractivity (Wildman–Crippen MR) is 103 cm³/mol. The summed E-state index contributed by atoms with van der Waals surface area (Å²) in [4.78, 5) is 23.4. The number of aromatic nitrogens is 3. The number of pyridine rings is 1. The largest absolute Gasteiger partial charge is 0.385 e. The average Bonchev–Trinajstić information content (AvgIpc) is 3.04. The van der Waals surface area contributed by atoms with E-state index in [-0.39, 0.29) is 5.91 Å². The molecule has 7 nitrogen and oxygen atoms in total. The summed E-state index contributed by atoms with van der Waals surface area (Å²) in [6.07, 6.45) is 2.47. The maximum absolute atomic E-state index is 12.8. The molecule has 0 unspecified atom stereocenters. The van der Waals surface area contributed by atoms with Crippen LogP contribution >= 0.6 is 0 Å². The van der Waals surface area contributed by atoms with Gasteiger partial charge in [0, 0.05) is 46.2 Å². The first-order valence-corrected chi connectivity index (χ1v) is 8.51. The third-order valence-electron chi connectivity index (χ3n) is 4.23. The van der Waals surface area contributed by atoms with Crippen LogP contribution in [0.15, 0.2) is 42.6 Å². The van der Waals surface area contributed by atoms with E-state index in [9.17, 15) is 4.79 Å². The van der Waals surface area contributed by atoms with Crippen LogP contribution in [0.25, 0.3) is 11.2 Å². The summed E-state index contributed by atoms with van der Waals surface area (Å²) in [6.45, 7) is 1.41. The molecule has 2 heterocycles. The van der Waals surface area contributed by atoms with Gasteiger partial charge in [-0.15, -0.1) is 0 Å². The summed E-state index contributed by atoms with van der Waals surface area (Å²) in [5, 5.41) is 3.08. The zero-order valence-electron chi connectivity index (χ0n) is 15.3. The van der Waals surface area contributed by atoms with E-state index >= 15 is 0 Å². The lowest BCUT2D eigenvalue weighted by Crippen LogP contribution is -2.26. The van der Waals surface area contributed by atoms with Crippen LogP contribution < -0.4 is 10.2 Å². The maximum Gasteiger partial charge on any atom is 0.259 e. The molecule has 3 rings (SSSR count). The number of imidazole rings is 1. The van der Waals surface area contributed by atoms with Crippen LogP contribution in [0.5, 0.6) is 0 Å². The van der Waals surface area contributed by atoms with Crippen molar-refractivity contribution in [3.63, 3.8) is 0 Å². The molecule has 136 valence electrons. The van der Waals surface area contributed by atoms with Crippen molar-refractivity contribution >= 4 is 28.7 Å². The number of amides is 1. The lowest BCUT2D eigenvalue weighted by molar-refractivity contribution is 0.0993. The Labute approximate surface area is 152 Å². The number of aryl methyl sites for hydroxylation is 1. The van der Waals surface area contributed by atoms with E-state index in [2.05, 4.69) is 15.3 Å². The second kappa shape index (κ2) is 7.97. The van der Waals surface area contributed by atoms with Gasteiger partial charge in [0.15, 0.2) is 5.65 Å². The van der Waals surface area contributed by atoms with Crippen molar-refractivity contribution in [1.82, 2.24) is 14.5 Å². The van der Waals surface area contributed by atoms with Crippen LogP contribution in [0.4, 0.5) is 11.6 Å².